The molecule has 0 unspecified atom stereocenters. The Labute approximate surface area is 108 Å². The number of anilines is 2. The summed E-state index contributed by atoms with van der Waals surface area (Å²) in [5.41, 5.74) is 0.406. The van der Waals surface area contributed by atoms with Crippen molar-refractivity contribution in [2.75, 3.05) is 10.6 Å². The van der Waals surface area contributed by atoms with Crippen molar-refractivity contribution in [1.82, 2.24) is 4.98 Å². The molecule has 1 heterocycles. The van der Waals surface area contributed by atoms with Crippen LogP contribution < -0.4 is 10.6 Å². The largest absolute Gasteiger partial charge is 0.444 e. The summed E-state index contributed by atoms with van der Waals surface area (Å²) in [5.74, 6) is 0.471. The van der Waals surface area contributed by atoms with Crippen molar-refractivity contribution in [3.63, 3.8) is 0 Å². The summed E-state index contributed by atoms with van der Waals surface area (Å²) in [6, 6.07) is 3.94. The van der Waals surface area contributed by atoms with Crippen LogP contribution in [-0.4, -0.2) is 22.7 Å². The number of pyridine rings is 1. The van der Waals surface area contributed by atoms with Crippen molar-refractivity contribution >= 4 is 17.6 Å². The molecule has 0 spiro atoms. The zero-order valence-corrected chi connectivity index (χ0v) is 11.6. The fraction of sp³-hybridized carbons (Fsp3) is 0.538. The van der Waals surface area contributed by atoms with Crippen LogP contribution in [0.5, 0.6) is 0 Å². The highest BCUT2D eigenvalue weighted by molar-refractivity contribution is 5.83. The smallest absolute Gasteiger partial charge is 0.413 e. The molecule has 0 saturated heterocycles. The van der Waals surface area contributed by atoms with E-state index in [1.54, 1.807) is 12.3 Å². The molecule has 0 saturated carbocycles. The van der Waals surface area contributed by atoms with Gasteiger partial charge in [-0.1, -0.05) is 0 Å². The number of nitrogens with zero attached hydrogens (tertiary/aromatic N) is 1. The van der Waals surface area contributed by atoms with Crippen LogP contribution in [-0.2, 0) is 4.74 Å². The zero-order valence-electron chi connectivity index (χ0n) is 11.6. The van der Waals surface area contributed by atoms with Crippen molar-refractivity contribution in [3.8, 4) is 0 Å². The van der Waals surface area contributed by atoms with Gasteiger partial charge in [-0.2, -0.15) is 0 Å². The summed E-state index contributed by atoms with van der Waals surface area (Å²) < 4.78 is 5.13. The number of rotatable bonds is 3. The van der Waals surface area contributed by atoms with E-state index < -0.39 is 11.7 Å². The molecule has 1 aromatic heterocycles. The van der Waals surface area contributed by atoms with Gasteiger partial charge in [0.15, 0.2) is 0 Å². The van der Waals surface area contributed by atoms with Crippen LogP contribution in [0.4, 0.5) is 16.3 Å². The number of carbonyl (C=O) groups excluding carboxylic acids is 1. The third-order valence-electron chi connectivity index (χ3n) is 1.85. The molecule has 100 valence electrons. The molecule has 0 aliphatic carbocycles. The van der Waals surface area contributed by atoms with Crippen LogP contribution in [0, 0.1) is 0 Å². The number of hydrogen-bond acceptors (Lipinski definition) is 4. The van der Waals surface area contributed by atoms with Gasteiger partial charge in [-0.05, 0) is 46.8 Å². The molecule has 1 rings (SSSR count). The molecule has 5 heteroatoms. The Morgan fingerprint density at radius 1 is 1.33 bits per heavy atom. The monoisotopic (exact) mass is 251 g/mol. The zero-order chi connectivity index (χ0) is 13.8. The average Bonchev–Trinajstić information content (AvgIpc) is 2.17. The first-order valence-electron chi connectivity index (χ1n) is 5.99. The lowest BCUT2D eigenvalue weighted by atomic mass is 10.2. The highest BCUT2D eigenvalue weighted by atomic mass is 16.6. The second-order valence-corrected chi connectivity index (χ2v) is 5.36. The molecule has 1 aromatic rings. The van der Waals surface area contributed by atoms with E-state index in [4.69, 9.17) is 4.74 Å². The standard InChI is InChI=1S/C13H21N3O2/c1-9(2)15-10-6-7-11(14-8-10)16-12(17)18-13(3,4)5/h6-9,15H,1-5H3,(H,14,16,17). The van der Waals surface area contributed by atoms with Crippen molar-refractivity contribution in [3.05, 3.63) is 18.3 Å². The van der Waals surface area contributed by atoms with Crippen LogP contribution in [0.3, 0.4) is 0 Å². The molecule has 0 aromatic carbocycles. The predicted molar refractivity (Wildman–Crippen MR) is 72.9 cm³/mol. The lowest BCUT2D eigenvalue weighted by Gasteiger charge is -2.19. The topological polar surface area (TPSA) is 63.2 Å². The van der Waals surface area contributed by atoms with E-state index >= 15 is 0 Å². The van der Waals surface area contributed by atoms with Crippen molar-refractivity contribution in [2.45, 2.75) is 46.3 Å². The van der Waals surface area contributed by atoms with Crippen LogP contribution in [0.1, 0.15) is 34.6 Å². The fourth-order valence-corrected chi connectivity index (χ4v) is 1.29. The van der Waals surface area contributed by atoms with Crippen molar-refractivity contribution < 1.29 is 9.53 Å². The van der Waals surface area contributed by atoms with E-state index in [0.717, 1.165) is 5.69 Å². The number of aromatic nitrogens is 1. The first kappa shape index (κ1) is 14.3. The molecule has 0 aliphatic rings. The van der Waals surface area contributed by atoms with Crippen LogP contribution in [0.2, 0.25) is 0 Å². The SMILES string of the molecule is CC(C)Nc1ccc(NC(=O)OC(C)(C)C)nc1. The summed E-state index contributed by atoms with van der Waals surface area (Å²) in [6.45, 7) is 9.54. The van der Waals surface area contributed by atoms with Gasteiger partial charge in [0.25, 0.3) is 0 Å². The quantitative estimate of drug-likeness (QED) is 0.865. The number of nitrogens with one attached hydrogen (secondary N) is 2. The summed E-state index contributed by atoms with van der Waals surface area (Å²) in [4.78, 5) is 15.6. The third-order valence-corrected chi connectivity index (χ3v) is 1.85. The fourth-order valence-electron chi connectivity index (χ4n) is 1.29. The molecule has 0 aliphatic heterocycles. The lowest BCUT2D eigenvalue weighted by Crippen LogP contribution is -2.27. The lowest BCUT2D eigenvalue weighted by molar-refractivity contribution is 0.0635. The Hall–Kier alpha value is -1.78. The summed E-state index contributed by atoms with van der Waals surface area (Å²) in [5, 5.41) is 5.80. The normalized spacial score (nSPS) is 11.2. The van der Waals surface area contributed by atoms with E-state index in [9.17, 15) is 4.79 Å². The molecule has 0 bridgehead atoms. The minimum atomic E-state index is -0.511. The number of amides is 1. The van der Waals surface area contributed by atoms with E-state index in [-0.39, 0.29) is 0 Å². The Morgan fingerprint density at radius 3 is 2.44 bits per heavy atom. The van der Waals surface area contributed by atoms with Gasteiger partial charge >= 0.3 is 6.09 Å². The van der Waals surface area contributed by atoms with Gasteiger partial charge in [-0.3, -0.25) is 5.32 Å². The third kappa shape index (κ3) is 5.52. The van der Waals surface area contributed by atoms with Gasteiger partial charge in [0, 0.05) is 6.04 Å². The molecule has 1 amide bonds. The van der Waals surface area contributed by atoms with E-state index in [0.29, 0.717) is 11.9 Å². The molecule has 0 radical (unpaired) electrons. The molecular weight excluding hydrogens is 230 g/mol. The molecule has 18 heavy (non-hydrogen) atoms. The van der Waals surface area contributed by atoms with E-state index in [2.05, 4.69) is 15.6 Å². The molecule has 0 atom stereocenters. The summed E-state index contributed by atoms with van der Waals surface area (Å²) >= 11 is 0. The summed E-state index contributed by atoms with van der Waals surface area (Å²) in [7, 11) is 0. The molecule has 5 nitrogen and oxygen atoms in total. The minimum Gasteiger partial charge on any atom is -0.444 e. The Kier molecular flexibility index (Phi) is 4.53. The summed E-state index contributed by atoms with van der Waals surface area (Å²) in [6.07, 6.45) is 1.17. The molecule has 2 N–H and O–H groups in total. The number of ether oxygens (including phenoxy) is 1. The Balaban J connectivity index is 2.56. The number of carbonyl (C=O) groups is 1. The van der Waals surface area contributed by atoms with Gasteiger partial charge in [-0.25, -0.2) is 9.78 Å². The first-order valence-corrected chi connectivity index (χ1v) is 5.99. The van der Waals surface area contributed by atoms with Crippen LogP contribution in [0.15, 0.2) is 18.3 Å². The maximum atomic E-state index is 11.5. The van der Waals surface area contributed by atoms with Gasteiger partial charge in [0.05, 0.1) is 11.9 Å². The second kappa shape index (κ2) is 5.71. The second-order valence-electron chi connectivity index (χ2n) is 5.36. The van der Waals surface area contributed by atoms with E-state index in [1.807, 2.05) is 40.7 Å². The molecule has 0 fully saturated rings. The number of hydrogen-bond donors (Lipinski definition) is 2. The minimum absolute atomic E-state index is 0.344. The maximum Gasteiger partial charge on any atom is 0.413 e. The van der Waals surface area contributed by atoms with Crippen molar-refractivity contribution in [1.29, 1.82) is 0 Å². The first-order chi connectivity index (χ1) is 8.26. The van der Waals surface area contributed by atoms with Gasteiger partial charge in [0.2, 0.25) is 0 Å². The molecular formula is C13H21N3O2. The highest BCUT2D eigenvalue weighted by Crippen LogP contribution is 2.13. The van der Waals surface area contributed by atoms with Crippen LogP contribution in [0.25, 0.3) is 0 Å². The average molecular weight is 251 g/mol. The predicted octanol–water partition coefficient (Wildman–Crippen LogP) is 3.25. The highest BCUT2D eigenvalue weighted by Gasteiger charge is 2.16. The Morgan fingerprint density at radius 2 is 2.00 bits per heavy atom. The Bertz CT molecular complexity index is 394. The van der Waals surface area contributed by atoms with Gasteiger partial charge in [0.1, 0.15) is 11.4 Å². The maximum absolute atomic E-state index is 11.5. The van der Waals surface area contributed by atoms with Crippen LogP contribution >= 0.6 is 0 Å². The van der Waals surface area contributed by atoms with Gasteiger partial charge in [-0.15, -0.1) is 0 Å². The van der Waals surface area contributed by atoms with E-state index in [1.165, 1.54) is 0 Å². The van der Waals surface area contributed by atoms with Crippen molar-refractivity contribution in [2.24, 2.45) is 0 Å². The van der Waals surface area contributed by atoms with Gasteiger partial charge < -0.3 is 10.1 Å².